The summed E-state index contributed by atoms with van der Waals surface area (Å²) in [6, 6.07) is 15.0. The van der Waals surface area contributed by atoms with Gasteiger partial charge in [-0.15, -0.1) is 0 Å². The van der Waals surface area contributed by atoms with Crippen LogP contribution in [0.4, 0.5) is 5.69 Å². The zero-order valence-corrected chi connectivity index (χ0v) is 10.2. The molecule has 0 aliphatic carbocycles. The van der Waals surface area contributed by atoms with E-state index in [9.17, 15) is 4.79 Å². The van der Waals surface area contributed by atoms with E-state index in [1.807, 2.05) is 42.5 Å². The van der Waals surface area contributed by atoms with Gasteiger partial charge >= 0.3 is 0 Å². The van der Waals surface area contributed by atoms with E-state index in [2.05, 4.69) is 10.3 Å². The maximum absolute atomic E-state index is 11.9. The van der Waals surface area contributed by atoms with E-state index in [1.165, 1.54) is 6.39 Å². The summed E-state index contributed by atoms with van der Waals surface area (Å²) in [5.41, 5.74) is 3.14. The lowest BCUT2D eigenvalue weighted by molar-refractivity contribution is -0.115. The van der Waals surface area contributed by atoms with Crippen molar-refractivity contribution in [1.29, 1.82) is 0 Å². The van der Waals surface area contributed by atoms with Crippen molar-refractivity contribution in [3.63, 3.8) is 0 Å². The first-order chi connectivity index (χ1) is 9.31. The van der Waals surface area contributed by atoms with Crippen molar-refractivity contribution >= 4 is 22.7 Å². The highest BCUT2D eigenvalue weighted by molar-refractivity contribution is 5.93. The Bertz CT molecular complexity index is 704. The van der Waals surface area contributed by atoms with Gasteiger partial charge in [-0.05, 0) is 17.7 Å². The minimum absolute atomic E-state index is 0.0509. The molecule has 0 aliphatic heterocycles. The summed E-state index contributed by atoms with van der Waals surface area (Å²) in [5.74, 6) is -0.0509. The molecule has 1 amide bonds. The summed E-state index contributed by atoms with van der Waals surface area (Å²) in [6.07, 6.45) is 1.75. The Labute approximate surface area is 110 Å². The Hall–Kier alpha value is -2.62. The van der Waals surface area contributed by atoms with Gasteiger partial charge in [0.25, 0.3) is 0 Å². The first-order valence-electron chi connectivity index (χ1n) is 5.98. The molecule has 0 aliphatic rings. The van der Waals surface area contributed by atoms with Crippen LogP contribution in [0.3, 0.4) is 0 Å². The Balaban J connectivity index is 1.72. The summed E-state index contributed by atoms with van der Waals surface area (Å²) in [4.78, 5) is 15.9. The molecule has 4 heteroatoms. The second-order valence-corrected chi connectivity index (χ2v) is 4.25. The van der Waals surface area contributed by atoms with Gasteiger partial charge < -0.3 is 9.73 Å². The molecule has 1 heterocycles. The molecule has 0 bridgehead atoms. The van der Waals surface area contributed by atoms with Gasteiger partial charge in [0.15, 0.2) is 12.0 Å². The number of carbonyl (C=O) groups excluding carboxylic acids is 1. The third kappa shape index (κ3) is 2.63. The number of nitrogens with one attached hydrogen (secondary N) is 1. The van der Waals surface area contributed by atoms with E-state index >= 15 is 0 Å². The molecule has 94 valence electrons. The molecule has 3 aromatic rings. The first kappa shape index (κ1) is 11.5. The predicted molar refractivity (Wildman–Crippen MR) is 72.8 cm³/mol. The van der Waals surface area contributed by atoms with E-state index in [4.69, 9.17) is 4.42 Å². The molecule has 2 aromatic carbocycles. The minimum atomic E-state index is -0.0509. The molecule has 0 fully saturated rings. The number of hydrogen-bond acceptors (Lipinski definition) is 3. The first-order valence-corrected chi connectivity index (χ1v) is 5.98. The summed E-state index contributed by atoms with van der Waals surface area (Å²) in [7, 11) is 0. The maximum atomic E-state index is 11.9. The van der Waals surface area contributed by atoms with Crippen LogP contribution in [0.15, 0.2) is 59.3 Å². The molecule has 1 aromatic heterocycles. The highest BCUT2D eigenvalue weighted by Crippen LogP contribution is 2.17. The Morgan fingerprint density at radius 1 is 1.16 bits per heavy atom. The quantitative estimate of drug-likeness (QED) is 0.779. The van der Waals surface area contributed by atoms with Crippen LogP contribution < -0.4 is 5.32 Å². The van der Waals surface area contributed by atoms with Crippen LogP contribution in [0, 0.1) is 0 Å². The van der Waals surface area contributed by atoms with Gasteiger partial charge in [0.1, 0.15) is 5.52 Å². The maximum Gasteiger partial charge on any atom is 0.228 e. The lowest BCUT2D eigenvalue weighted by Crippen LogP contribution is -2.14. The summed E-state index contributed by atoms with van der Waals surface area (Å²) < 4.78 is 5.20. The summed E-state index contributed by atoms with van der Waals surface area (Å²) in [6.45, 7) is 0. The molecule has 0 radical (unpaired) electrons. The number of oxazole rings is 1. The Morgan fingerprint density at radius 2 is 2.00 bits per heavy atom. The Kier molecular flexibility index (Phi) is 2.98. The van der Waals surface area contributed by atoms with Crippen molar-refractivity contribution in [2.45, 2.75) is 6.42 Å². The predicted octanol–water partition coefficient (Wildman–Crippen LogP) is 3.01. The molecular formula is C15H12N2O2. The molecular weight excluding hydrogens is 240 g/mol. The van der Waals surface area contributed by atoms with Crippen LogP contribution >= 0.6 is 0 Å². The standard InChI is InChI=1S/C15H12N2O2/c18-15(8-11-4-2-1-3-5-11)17-12-6-7-13-14(9-12)19-10-16-13/h1-7,9-10H,8H2,(H,17,18). The zero-order valence-electron chi connectivity index (χ0n) is 10.2. The van der Waals surface area contributed by atoms with Gasteiger partial charge in [0.05, 0.1) is 6.42 Å². The number of fused-ring (bicyclic) bond motifs is 1. The topological polar surface area (TPSA) is 55.1 Å². The van der Waals surface area contributed by atoms with E-state index in [-0.39, 0.29) is 5.91 Å². The molecule has 4 nitrogen and oxygen atoms in total. The largest absolute Gasteiger partial charge is 0.443 e. The monoisotopic (exact) mass is 252 g/mol. The van der Waals surface area contributed by atoms with E-state index in [0.29, 0.717) is 17.7 Å². The summed E-state index contributed by atoms with van der Waals surface area (Å²) in [5, 5.41) is 2.85. The smallest absolute Gasteiger partial charge is 0.228 e. The second kappa shape index (κ2) is 4.94. The molecule has 0 spiro atoms. The number of amides is 1. The molecule has 0 atom stereocenters. The third-order valence-corrected chi connectivity index (χ3v) is 2.82. The number of carbonyl (C=O) groups is 1. The van der Waals surface area contributed by atoms with E-state index in [1.54, 1.807) is 6.07 Å². The van der Waals surface area contributed by atoms with Gasteiger partial charge in [-0.2, -0.15) is 0 Å². The van der Waals surface area contributed by atoms with Gasteiger partial charge in [0.2, 0.25) is 5.91 Å². The average Bonchev–Trinajstić information content (AvgIpc) is 2.87. The van der Waals surface area contributed by atoms with E-state index < -0.39 is 0 Å². The van der Waals surface area contributed by atoms with Crippen LogP contribution in [-0.4, -0.2) is 10.9 Å². The van der Waals surface area contributed by atoms with Crippen molar-refractivity contribution in [1.82, 2.24) is 4.98 Å². The molecule has 1 N–H and O–H groups in total. The van der Waals surface area contributed by atoms with Gasteiger partial charge in [-0.1, -0.05) is 30.3 Å². The lowest BCUT2D eigenvalue weighted by Gasteiger charge is -2.04. The van der Waals surface area contributed by atoms with Crippen LogP contribution in [0.2, 0.25) is 0 Å². The fraction of sp³-hybridized carbons (Fsp3) is 0.0667. The van der Waals surface area contributed by atoms with Gasteiger partial charge in [-0.25, -0.2) is 4.98 Å². The highest BCUT2D eigenvalue weighted by Gasteiger charge is 2.05. The number of aromatic nitrogens is 1. The van der Waals surface area contributed by atoms with Crippen LogP contribution in [0.25, 0.3) is 11.1 Å². The van der Waals surface area contributed by atoms with Crippen molar-refractivity contribution in [2.75, 3.05) is 5.32 Å². The third-order valence-electron chi connectivity index (χ3n) is 2.82. The fourth-order valence-electron chi connectivity index (χ4n) is 1.92. The van der Waals surface area contributed by atoms with Gasteiger partial charge in [-0.3, -0.25) is 4.79 Å². The molecule has 0 unspecified atom stereocenters. The number of anilines is 1. The number of hydrogen-bond donors (Lipinski definition) is 1. The van der Waals surface area contributed by atoms with Crippen LogP contribution in [0.5, 0.6) is 0 Å². The lowest BCUT2D eigenvalue weighted by atomic mass is 10.1. The van der Waals surface area contributed by atoms with Crippen LogP contribution in [0.1, 0.15) is 5.56 Å². The molecule has 0 saturated carbocycles. The fourth-order valence-corrected chi connectivity index (χ4v) is 1.92. The normalized spacial score (nSPS) is 10.5. The van der Waals surface area contributed by atoms with Crippen LogP contribution in [-0.2, 0) is 11.2 Å². The van der Waals surface area contributed by atoms with E-state index in [0.717, 1.165) is 11.1 Å². The average molecular weight is 252 g/mol. The summed E-state index contributed by atoms with van der Waals surface area (Å²) >= 11 is 0. The van der Waals surface area contributed by atoms with Crippen molar-refractivity contribution in [2.24, 2.45) is 0 Å². The minimum Gasteiger partial charge on any atom is -0.443 e. The Morgan fingerprint density at radius 3 is 2.84 bits per heavy atom. The van der Waals surface area contributed by atoms with Gasteiger partial charge in [0, 0.05) is 11.8 Å². The molecule has 3 rings (SSSR count). The second-order valence-electron chi connectivity index (χ2n) is 4.25. The SMILES string of the molecule is O=C(Cc1ccccc1)Nc1ccc2ncoc2c1. The van der Waals surface area contributed by atoms with Crippen molar-refractivity contribution in [3.05, 3.63) is 60.5 Å². The van der Waals surface area contributed by atoms with Crippen molar-refractivity contribution < 1.29 is 9.21 Å². The molecule has 19 heavy (non-hydrogen) atoms. The highest BCUT2D eigenvalue weighted by atomic mass is 16.3. The number of benzene rings is 2. The zero-order chi connectivity index (χ0) is 13.1. The number of rotatable bonds is 3. The number of nitrogens with zero attached hydrogens (tertiary/aromatic N) is 1. The van der Waals surface area contributed by atoms with Crippen molar-refractivity contribution in [3.8, 4) is 0 Å². The molecule has 0 saturated heterocycles.